The molecular formula is C25H34N4O. The first kappa shape index (κ1) is 20.9. The molecule has 0 unspecified atom stereocenters. The van der Waals surface area contributed by atoms with E-state index >= 15 is 0 Å². The molecule has 1 N–H and O–H groups in total. The Morgan fingerprint density at radius 2 is 1.63 bits per heavy atom. The van der Waals surface area contributed by atoms with E-state index in [1.807, 2.05) is 24.3 Å². The van der Waals surface area contributed by atoms with Crippen molar-refractivity contribution >= 4 is 17.1 Å². The number of likely N-dealkylation sites (tertiary alicyclic amines) is 1. The van der Waals surface area contributed by atoms with Gasteiger partial charge in [0.15, 0.2) is 0 Å². The Morgan fingerprint density at radius 3 is 2.40 bits per heavy atom. The molecular weight excluding hydrogens is 372 g/mol. The zero-order valence-corrected chi connectivity index (χ0v) is 18.2. The Balaban J connectivity index is 1.40. The number of nitrogens with zero attached hydrogens (tertiary/aromatic N) is 3. The smallest absolute Gasteiger partial charge is 0.119 e. The number of ether oxygens (including phenoxy) is 1. The van der Waals surface area contributed by atoms with Crippen molar-refractivity contribution in [2.75, 3.05) is 38.6 Å². The maximum absolute atomic E-state index is 5.21. The Morgan fingerprint density at radius 1 is 0.867 bits per heavy atom. The number of hydrogen-bond acceptors (Lipinski definition) is 5. The van der Waals surface area contributed by atoms with Gasteiger partial charge in [0, 0.05) is 12.2 Å². The highest BCUT2D eigenvalue weighted by Gasteiger charge is 2.17. The van der Waals surface area contributed by atoms with Crippen LogP contribution in [0.25, 0.3) is 0 Å². The molecule has 30 heavy (non-hydrogen) atoms. The zero-order valence-electron chi connectivity index (χ0n) is 18.2. The SMILES string of the molecule is COc1ccc(N=Nc2ccc(NCCCN3CCCCC3)c3c2CCCC3)cc1. The summed E-state index contributed by atoms with van der Waals surface area (Å²) in [5, 5.41) is 12.8. The number of azo groups is 1. The first-order valence-electron chi connectivity index (χ1n) is 11.5. The van der Waals surface area contributed by atoms with E-state index in [-0.39, 0.29) is 0 Å². The van der Waals surface area contributed by atoms with E-state index in [2.05, 4.69) is 32.6 Å². The molecule has 5 nitrogen and oxygen atoms in total. The summed E-state index contributed by atoms with van der Waals surface area (Å²) in [5.41, 5.74) is 5.98. The van der Waals surface area contributed by atoms with Crippen LogP contribution in [0.15, 0.2) is 46.6 Å². The van der Waals surface area contributed by atoms with Crippen LogP contribution in [-0.2, 0) is 12.8 Å². The van der Waals surface area contributed by atoms with Gasteiger partial charge < -0.3 is 15.0 Å². The van der Waals surface area contributed by atoms with Crippen LogP contribution in [-0.4, -0.2) is 38.2 Å². The number of methoxy groups -OCH3 is 1. The maximum Gasteiger partial charge on any atom is 0.119 e. The Kier molecular flexibility index (Phi) is 7.35. The highest BCUT2D eigenvalue weighted by atomic mass is 16.5. The normalized spacial score (nSPS) is 17.1. The van der Waals surface area contributed by atoms with Gasteiger partial charge in [-0.15, -0.1) is 0 Å². The van der Waals surface area contributed by atoms with Crippen molar-refractivity contribution in [3.63, 3.8) is 0 Å². The molecule has 5 heteroatoms. The molecule has 0 atom stereocenters. The van der Waals surface area contributed by atoms with Crippen molar-refractivity contribution in [2.45, 2.75) is 51.4 Å². The summed E-state index contributed by atoms with van der Waals surface area (Å²) >= 11 is 0. The molecule has 2 aromatic carbocycles. The average Bonchev–Trinajstić information content (AvgIpc) is 2.82. The summed E-state index contributed by atoms with van der Waals surface area (Å²) in [6.45, 7) is 4.81. The van der Waals surface area contributed by atoms with Gasteiger partial charge in [-0.2, -0.15) is 10.2 Å². The molecule has 1 fully saturated rings. The fraction of sp³-hybridized carbons (Fsp3) is 0.520. The second-order valence-electron chi connectivity index (χ2n) is 8.38. The van der Waals surface area contributed by atoms with Crippen LogP contribution in [0.4, 0.5) is 17.1 Å². The van der Waals surface area contributed by atoms with E-state index < -0.39 is 0 Å². The predicted octanol–water partition coefficient (Wildman–Crippen LogP) is 6.28. The quantitative estimate of drug-likeness (QED) is 0.415. The van der Waals surface area contributed by atoms with Crippen LogP contribution in [0.3, 0.4) is 0 Å². The molecule has 2 aliphatic rings. The van der Waals surface area contributed by atoms with Gasteiger partial charge >= 0.3 is 0 Å². The largest absolute Gasteiger partial charge is 0.497 e. The summed E-state index contributed by atoms with van der Waals surface area (Å²) < 4.78 is 5.21. The molecule has 0 bridgehead atoms. The molecule has 0 radical (unpaired) electrons. The van der Waals surface area contributed by atoms with E-state index in [0.29, 0.717) is 0 Å². The molecule has 1 saturated heterocycles. The predicted molar refractivity (Wildman–Crippen MR) is 124 cm³/mol. The molecule has 0 amide bonds. The molecule has 1 aliphatic heterocycles. The minimum absolute atomic E-state index is 0.835. The lowest BCUT2D eigenvalue weighted by atomic mass is 9.89. The second kappa shape index (κ2) is 10.6. The number of nitrogens with one attached hydrogen (secondary N) is 1. The van der Waals surface area contributed by atoms with Gasteiger partial charge in [-0.1, -0.05) is 6.42 Å². The number of piperidine rings is 1. The van der Waals surface area contributed by atoms with Crippen LogP contribution in [0.5, 0.6) is 5.75 Å². The highest BCUT2D eigenvalue weighted by Crippen LogP contribution is 2.36. The number of fused-ring (bicyclic) bond motifs is 1. The van der Waals surface area contributed by atoms with Crippen molar-refractivity contribution in [2.24, 2.45) is 10.2 Å². The third kappa shape index (κ3) is 5.39. The van der Waals surface area contributed by atoms with Crippen LogP contribution >= 0.6 is 0 Å². The van der Waals surface area contributed by atoms with E-state index in [0.717, 1.165) is 36.5 Å². The van der Waals surface area contributed by atoms with E-state index in [9.17, 15) is 0 Å². The number of anilines is 1. The summed E-state index contributed by atoms with van der Waals surface area (Å²) in [6.07, 6.45) is 10.1. The van der Waals surface area contributed by atoms with Crippen molar-refractivity contribution in [1.82, 2.24) is 4.90 Å². The lowest BCUT2D eigenvalue weighted by molar-refractivity contribution is 0.228. The van der Waals surface area contributed by atoms with Crippen LogP contribution in [0, 0.1) is 0 Å². The third-order valence-corrected chi connectivity index (χ3v) is 6.27. The zero-order chi connectivity index (χ0) is 20.6. The third-order valence-electron chi connectivity index (χ3n) is 6.27. The van der Waals surface area contributed by atoms with Gasteiger partial charge in [-0.3, -0.25) is 0 Å². The van der Waals surface area contributed by atoms with Crippen LogP contribution < -0.4 is 10.1 Å². The van der Waals surface area contributed by atoms with Gasteiger partial charge in [-0.05, 0) is 112 Å². The molecule has 0 spiro atoms. The molecule has 0 saturated carbocycles. The minimum atomic E-state index is 0.835. The summed E-state index contributed by atoms with van der Waals surface area (Å²) in [7, 11) is 1.67. The second-order valence-corrected chi connectivity index (χ2v) is 8.38. The molecule has 1 heterocycles. The molecule has 160 valence electrons. The number of hydrogen-bond donors (Lipinski definition) is 1. The van der Waals surface area contributed by atoms with Gasteiger partial charge in [0.05, 0.1) is 18.5 Å². The lowest BCUT2D eigenvalue weighted by Crippen LogP contribution is -2.31. The summed E-state index contributed by atoms with van der Waals surface area (Å²) in [5.74, 6) is 0.835. The van der Waals surface area contributed by atoms with Gasteiger partial charge in [-0.25, -0.2) is 0 Å². The fourth-order valence-corrected chi connectivity index (χ4v) is 4.58. The Labute approximate surface area is 180 Å². The van der Waals surface area contributed by atoms with Crippen molar-refractivity contribution < 1.29 is 4.74 Å². The van der Waals surface area contributed by atoms with Gasteiger partial charge in [0.25, 0.3) is 0 Å². The van der Waals surface area contributed by atoms with Gasteiger partial charge in [0.2, 0.25) is 0 Å². The summed E-state index contributed by atoms with van der Waals surface area (Å²) in [6, 6.07) is 12.0. The Bertz CT molecular complexity index is 841. The first-order chi connectivity index (χ1) is 14.8. The molecule has 1 aliphatic carbocycles. The minimum Gasteiger partial charge on any atom is -0.497 e. The van der Waals surface area contributed by atoms with Crippen LogP contribution in [0.1, 0.15) is 49.7 Å². The lowest BCUT2D eigenvalue weighted by Gasteiger charge is -2.26. The fourth-order valence-electron chi connectivity index (χ4n) is 4.58. The molecule has 0 aromatic heterocycles. The van der Waals surface area contributed by atoms with Crippen molar-refractivity contribution in [1.29, 1.82) is 0 Å². The highest BCUT2D eigenvalue weighted by molar-refractivity contribution is 5.64. The molecule has 2 aromatic rings. The van der Waals surface area contributed by atoms with Gasteiger partial charge in [0.1, 0.15) is 5.75 Å². The first-order valence-corrected chi connectivity index (χ1v) is 11.5. The topological polar surface area (TPSA) is 49.2 Å². The van der Waals surface area contributed by atoms with Crippen molar-refractivity contribution in [3.8, 4) is 5.75 Å². The van der Waals surface area contributed by atoms with Crippen molar-refractivity contribution in [3.05, 3.63) is 47.5 Å². The standard InChI is InChI=1S/C25H34N4O/c1-30-21-12-10-20(11-13-21)27-28-25-15-14-24(22-8-3-4-9-23(22)25)26-16-7-19-29-17-5-2-6-18-29/h10-15,26H,2-9,16-19H2,1H3. The van der Waals surface area contributed by atoms with E-state index in [4.69, 9.17) is 4.74 Å². The van der Waals surface area contributed by atoms with E-state index in [1.165, 1.54) is 75.0 Å². The summed E-state index contributed by atoms with van der Waals surface area (Å²) in [4.78, 5) is 2.61. The maximum atomic E-state index is 5.21. The average molecular weight is 407 g/mol. The molecule has 4 rings (SSSR count). The Hall–Kier alpha value is -2.40. The van der Waals surface area contributed by atoms with Crippen LogP contribution in [0.2, 0.25) is 0 Å². The number of rotatable bonds is 8. The monoisotopic (exact) mass is 406 g/mol. The van der Waals surface area contributed by atoms with E-state index in [1.54, 1.807) is 7.11 Å². The number of benzene rings is 2.